The van der Waals surface area contributed by atoms with Gasteiger partial charge in [0.25, 0.3) is 0 Å². The van der Waals surface area contributed by atoms with Crippen molar-refractivity contribution in [3.05, 3.63) is 52.5 Å². The van der Waals surface area contributed by atoms with E-state index in [-0.39, 0.29) is 5.41 Å². The monoisotopic (exact) mass is 432 g/mol. The van der Waals surface area contributed by atoms with Gasteiger partial charge in [-0.15, -0.1) is 0 Å². The molecule has 0 aliphatic rings. The molecule has 3 heterocycles. The molecule has 0 spiro atoms. The van der Waals surface area contributed by atoms with E-state index in [1.54, 1.807) is 6.20 Å². The van der Waals surface area contributed by atoms with Crippen molar-refractivity contribution in [2.24, 2.45) is 4.99 Å². The predicted octanol–water partition coefficient (Wildman–Crippen LogP) is 3.64. The fourth-order valence-electron chi connectivity index (χ4n) is 2.49. The summed E-state index contributed by atoms with van der Waals surface area (Å²) in [5, 5.41) is 6.49. The van der Waals surface area contributed by atoms with Gasteiger partial charge in [0.1, 0.15) is 11.4 Å². The van der Waals surface area contributed by atoms with Gasteiger partial charge in [-0.3, -0.25) is 0 Å². The van der Waals surface area contributed by atoms with E-state index in [2.05, 4.69) is 62.3 Å². The van der Waals surface area contributed by atoms with E-state index in [4.69, 9.17) is 4.42 Å². The normalized spacial score (nSPS) is 12.6. The highest BCUT2D eigenvalue weighted by Gasteiger charge is 2.19. The number of hydrogen-bond acceptors (Lipinski definition) is 4. The van der Waals surface area contributed by atoms with Crippen LogP contribution in [0.5, 0.6) is 0 Å². The molecule has 3 aromatic heterocycles. The van der Waals surface area contributed by atoms with Gasteiger partial charge in [-0.2, -0.15) is 0 Å². The van der Waals surface area contributed by atoms with Crippen LogP contribution in [0.2, 0.25) is 0 Å². The van der Waals surface area contributed by atoms with E-state index in [0.29, 0.717) is 24.9 Å². The Hall–Kier alpha value is -2.35. The van der Waals surface area contributed by atoms with Gasteiger partial charge in [0.15, 0.2) is 5.96 Å². The van der Waals surface area contributed by atoms with Gasteiger partial charge in [-0.25, -0.2) is 15.0 Å². The maximum atomic E-state index is 5.81. The Labute approximate surface area is 167 Å². The predicted molar refractivity (Wildman–Crippen MR) is 110 cm³/mol. The Balaban J connectivity index is 1.65. The summed E-state index contributed by atoms with van der Waals surface area (Å²) in [5.41, 5.74) is 1.74. The molecule has 8 heteroatoms. The average Bonchev–Trinajstić information content (AvgIpc) is 3.23. The summed E-state index contributed by atoms with van der Waals surface area (Å²) in [7, 11) is 0. The Bertz CT molecular complexity index is 937. The fourth-order valence-corrected chi connectivity index (χ4v) is 2.85. The van der Waals surface area contributed by atoms with Gasteiger partial charge < -0.3 is 19.5 Å². The first-order valence-corrected chi connectivity index (χ1v) is 9.75. The van der Waals surface area contributed by atoms with Crippen molar-refractivity contribution in [3.8, 4) is 0 Å². The van der Waals surface area contributed by atoms with E-state index in [1.807, 2.05) is 35.9 Å². The number of nitrogens with one attached hydrogen (secondary N) is 2. The Kier molecular flexibility index (Phi) is 5.84. The molecular weight excluding hydrogens is 408 g/mol. The summed E-state index contributed by atoms with van der Waals surface area (Å²) in [6.07, 6.45) is 5.75. The van der Waals surface area contributed by atoms with E-state index >= 15 is 0 Å². The molecule has 3 aromatic rings. The van der Waals surface area contributed by atoms with Crippen molar-refractivity contribution in [2.45, 2.75) is 46.2 Å². The lowest BCUT2D eigenvalue weighted by atomic mass is 9.94. The molecule has 0 atom stereocenters. The highest BCUT2D eigenvalue weighted by Crippen LogP contribution is 2.22. The lowest BCUT2D eigenvalue weighted by molar-refractivity contribution is 0.379. The van der Waals surface area contributed by atoms with Crippen LogP contribution in [0.1, 0.15) is 45.0 Å². The van der Waals surface area contributed by atoms with Crippen LogP contribution < -0.4 is 10.6 Å². The van der Waals surface area contributed by atoms with Gasteiger partial charge >= 0.3 is 0 Å². The van der Waals surface area contributed by atoms with Crippen molar-refractivity contribution < 1.29 is 4.42 Å². The maximum absolute atomic E-state index is 5.81. The Morgan fingerprint density at radius 2 is 2.07 bits per heavy atom. The average molecular weight is 433 g/mol. The highest BCUT2D eigenvalue weighted by molar-refractivity contribution is 9.10. The number of imidazole rings is 1. The first kappa shape index (κ1) is 19.4. The molecule has 0 aromatic carbocycles. The first-order valence-electron chi connectivity index (χ1n) is 8.95. The number of rotatable bonds is 5. The third-order valence-corrected chi connectivity index (χ3v) is 4.38. The van der Waals surface area contributed by atoms with Crippen LogP contribution in [0, 0.1) is 0 Å². The number of aliphatic imine (C=N–C) groups is 1. The number of oxazole rings is 1. The quantitative estimate of drug-likeness (QED) is 0.475. The molecular formula is C19H25BrN6O. The summed E-state index contributed by atoms with van der Waals surface area (Å²) < 4.78 is 8.81. The van der Waals surface area contributed by atoms with E-state index in [9.17, 15) is 0 Å². The summed E-state index contributed by atoms with van der Waals surface area (Å²) in [6.45, 7) is 10.1. The first-order chi connectivity index (χ1) is 12.8. The van der Waals surface area contributed by atoms with Crippen LogP contribution in [0.4, 0.5) is 0 Å². The lowest BCUT2D eigenvalue weighted by Gasteiger charge is -2.13. The van der Waals surface area contributed by atoms with Gasteiger partial charge in [0, 0.05) is 28.8 Å². The zero-order chi connectivity index (χ0) is 19.4. The second kappa shape index (κ2) is 8.12. The van der Waals surface area contributed by atoms with Crippen LogP contribution in [-0.4, -0.2) is 26.9 Å². The van der Waals surface area contributed by atoms with Gasteiger partial charge in [0.05, 0.1) is 25.0 Å². The van der Waals surface area contributed by atoms with Crippen LogP contribution >= 0.6 is 15.9 Å². The third kappa shape index (κ3) is 5.09. The van der Waals surface area contributed by atoms with Gasteiger partial charge in [-0.05, 0) is 35.0 Å². The molecule has 0 unspecified atom stereocenters. The van der Waals surface area contributed by atoms with Crippen LogP contribution in [0.3, 0.4) is 0 Å². The summed E-state index contributed by atoms with van der Waals surface area (Å²) in [5.74, 6) is 2.21. The zero-order valence-electron chi connectivity index (χ0n) is 16.1. The van der Waals surface area contributed by atoms with Crippen LogP contribution in [-0.2, 0) is 18.5 Å². The maximum Gasteiger partial charge on any atom is 0.213 e. The molecule has 0 saturated carbocycles. The molecule has 7 nitrogen and oxygen atoms in total. The molecule has 144 valence electrons. The topological polar surface area (TPSA) is 79.8 Å². The van der Waals surface area contributed by atoms with Gasteiger partial charge in [0.2, 0.25) is 5.89 Å². The summed E-state index contributed by atoms with van der Waals surface area (Å²) in [4.78, 5) is 13.5. The Morgan fingerprint density at radius 3 is 2.78 bits per heavy atom. The highest BCUT2D eigenvalue weighted by atomic mass is 79.9. The van der Waals surface area contributed by atoms with E-state index in [1.165, 1.54) is 0 Å². The minimum Gasteiger partial charge on any atom is -0.443 e. The molecule has 2 N–H and O–H groups in total. The minimum atomic E-state index is -0.0536. The van der Waals surface area contributed by atoms with Crippen molar-refractivity contribution in [2.75, 3.05) is 6.54 Å². The van der Waals surface area contributed by atoms with Crippen LogP contribution in [0.15, 0.2) is 44.6 Å². The summed E-state index contributed by atoms with van der Waals surface area (Å²) in [6, 6.07) is 3.94. The van der Waals surface area contributed by atoms with Crippen LogP contribution in [0.25, 0.3) is 5.65 Å². The minimum absolute atomic E-state index is 0.0536. The van der Waals surface area contributed by atoms with E-state index < -0.39 is 0 Å². The second-order valence-corrected chi connectivity index (χ2v) is 8.18. The van der Waals surface area contributed by atoms with Crippen molar-refractivity contribution in [1.82, 2.24) is 25.0 Å². The van der Waals surface area contributed by atoms with Crippen molar-refractivity contribution in [3.63, 3.8) is 0 Å². The molecule has 0 saturated heterocycles. The Morgan fingerprint density at radius 1 is 1.26 bits per heavy atom. The largest absolute Gasteiger partial charge is 0.443 e. The number of guanidine groups is 1. The molecule has 0 amide bonds. The number of hydrogen-bond donors (Lipinski definition) is 2. The molecule has 0 aliphatic carbocycles. The number of pyridine rings is 1. The van der Waals surface area contributed by atoms with Crippen molar-refractivity contribution >= 4 is 27.5 Å². The third-order valence-electron chi connectivity index (χ3n) is 3.91. The van der Waals surface area contributed by atoms with Gasteiger partial charge in [-0.1, -0.05) is 20.8 Å². The summed E-state index contributed by atoms with van der Waals surface area (Å²) >= 11 is 3.47. The van der Waals surface area contributed by atoms with Crippen molar-refractivity contribution in [1.29, 1.82) is 0 Å². The molecule has 0 radical (unpaired) electrons. The molecule has 0 bridgehead atoms. The molecule has 27 heavy (non-hydrogen) atoms. The SMILES string of the molecule is CCNC(=NCc1cn2cc(Br)ccc2n1)NCc1ncc(C(C)(C)C)o1. The molecule has 0 fully saturated rings. The number of aromatic nitrogens is 3. The molecule has 0 aliphatic heterocycles. The lowest BCUT2D eigenvalue weighted by Crippen LogP contribution is -2.36. The standard InChI is InChI=1S/C19H25BrN6O/c1-5-21-18(24-10-17-22-9-15(27-17)19(2,3)4)23-8-14-12-26-11-13(20)6-7-16(26)25-14/h6-7,9,11-12H,5,8,10H2,1-4H3,(H2,21,23,24). The van der Waals surface area contributed by atoms with E-state index in [0.717, 1.165) is 28.1 Å². The zero-order valence-corrected chi connectivity index (χ0v) is 17.7. The molecule has 3 rings (SSSR count). The second-order valence-electron chi connectivity index (χ2n) is 7.26. The number of halogens is 1. The fraction of sp³-hybridized carbons (Fsp3) is 0.421. The smallest absolute Gasteiger partial charge is 0.213 e. The number of nitrogens with zero attached hydrogens (tertiary/aromatic N) is 4. The number of fused-ring (bicyclic) bond motifs is 1.